The summed E-state index contributed by atoms with van der Waals surface area (Å²) in [6.07, 6.45) is 1.02. The number of ether oxygens (including phenoxy) is 2. The molecule has 0 atom stereocenters. The summed E-state index contributed by atoms with van der Waals surface area (Å²) in [6, 6.07) is 2.10. The molecule has 20 heavy (non-hydrogen) atoms. The molecule has 2 rings (SSSR count). The summed E-state index contributed by atoms with van der Waals surface area (Å²) in [5.74, 6) is -4.08. The molecule has 0 radical (unpaired) electrons. The minimum atomic E-state index is -1.35. The van der Waals surface area contributed by atoms with Gasteiger partial charge < -0.3 is 14.6 Å². The number of benzene rings is 1. The minimum Gasteiger partial charge on any atom is -0.507 e. The molecule has 1 aromatic rings. The maximum atomic E-state index is 13.4. The van der Waals surface area contributed by atoms with Crippen LogP contribution < -0.4 is 0 Å². The molecule has 1 N–H and O–H groups in total. The van der Waals surface area contributed by atoms with Gasteiger partial charge in [0.25, 0.3) is 5.79 Å². The van der Waals surface area contributed by atoms with Crippen molar-refractivity contribution in [1.82, 2.24) is 0 Å². The minimum absolute atomic E-state index is 0.0330. The molecule has 106 valence electrons. The fraction of sp³-hybridized carbons (Fsp3) is 0.231. The zero-order chi connectivity index (χ0) is 15.1. The molecule has 5 nitrogen and oxygen atoms in total. The van der Waals surface area contributed by atoms with Crippen LogP contribution in [0.2, 0.25) is 0 Å². The van der Waals surface area contributed by atoms with Crippen molar-refractivity contribution in [1.29, 1.82) is 0 Å². The van der Waals surface area contributed by atoms with Crippen LogP contribution in [-0.4, -0.2) is 22.8 Å². The number of phenolic OH excluding ortho intramolecular Hbond substituents is 1. The number of halogens is 2. The van der Waals surface area contributed by atoms with E-state index in [0.717, 1.165) is 18.2 Å². The molecular formula is C13H10BrFO5. The van der Waals surface area contributed by atoms with Gasteiger partial charge in [0.15, 0.2) is 0 Å². The largest absolute Gasteiger partial charge is 0.507 e. The first-order valence-corrected chi connectivity index (χ1v) is 6.35. The highest BCUT2D eigenvalue weighted by Gasteiger charge is 2.39. The second kappa shape index (κ2) is 4.90. The molecule has 1 aromatic carbocycles. The normalized spacial score (nSPS) is 17.5. The number of rotatable bonds is 1. The van der Waals surface area contributed by atoms with Crippen LogP contribution in [0.5, 0.6) is 5.75 Å². The van der Waals surface area contributed by atoms with Crippen molar-refractivity contribution < 1.29 is 28.6 Å². The van der Waals surface area contributed by atoms with Gasteiger partial charge in [0.1, 0.15) is 17.1 Å². The summed E-state index contributed by atoms with van der Waals surface area (Å²) in [5.41, 5.74) is -0.448. The van der Waals surface area contributed by atoms with Crippen molar-refractivity contribution in [3.8, 4) is 5.75 Å². The SMILES string of the molecule is CC1(C)OC(=O)C(=Cc2cc(F)c(Br)cc2O)C(=O)O1. The number of phenols is 1. The Kier molecular flexibility index (Phi) is 3.56. The molecule has 0 aromatic heterocycles. The van der Waals surface area contributed by atoms with Gasteiger partial charge in [-0.1, -0.05) is 0 Å². The molecule has 1 aliphatic rings. The third-order valence-electron chi connectivity index (χ3n) is 2.49. The van der Waals surface area contributed by atoms with E-state index < -0.39 is 29.1 Å². The smallest absolute Gasteiger partial charge is 0.348 e. The zero-order valence-corrected chi connectivity index (χ0v) is 12.2. The van der Waals surface area contributed by atoms with Gasteiger partial charge in [-0.2, -0.15) is 0 Å². The van der Waals surface area contributed by atoms with E-state index in [0.29, 0.717) is 0 Å². The van der Waals surface area contributed by atoms with E-state index in [2.05, 4.69) is 15.9 Å². The maximum absolute atomic E-state index is 13.4. The molecule has 1 heterocycles. The van der Waals surface area contributed by atoms with Gasteiger partial charge in [0, 0.05) is 19.4 Å². The van der Waals surface area contributed by atoms with Gasteiger partial charge in [-0.3, -0.25) is 0 Å². The highest BCUT2D eigenvalue weighted by atomic mass is 79.9. The number of carbonyl (C=O) groups excluding carboxylic acids is 2. The molecule has 1 fully saturated rings. The van der Waals surface area contributed by atoms with Crippen LogP contribution in [-0.2, 0) is 19.1 Å². The first-order valence-electron chi connectivity index (χ1n) is 5.56. The van der Waals surface area contributed by atoms with Crippen molar-refractivity contribution in [2.45, 2.75) is 19.6 Å². The molecule has 0 spiro atoms. The molecule has 0 unspecified atom stereocenters. The van der Waals surface area contributed by atoms with Gasteiger partial charge in [-0.05, 0) is 34.1 Å². The van der Waals surface area contributed by atoms with E-state index in [-0.39, 0.29) is 15.8 Å². The predicted octanol–water partition coefficient (Wildman–Crippen LogP) is 2.51. The average Bonchev–Trinajstić information content (AvgIpc) is 2.28. The highest BCUT2D eigenvalue weighted by molar-refractivity contribution is 9.10. The Balaban J connectivity index is 2.43. The number of carbonyl (C=O) groups is 2. The van der Waals surface area contributed by atoms with E-state index >= 15 is 0 Å². The lowest BCUT2D eigenvalue weighted by molar-refractivity contribution is -0.222. The lowest BCUT2D eigenvalue weighted by Crippen LogP contribution is -2.41. The van der Waals surface area contributed by atoms with Crippen LogP contribution in [0.3, 0.4) is 0 Å². The summed E-state index contributed by atoms with van der Waals surface area (Å²) in [6.45, 7) is 2.83. The fourth-order valence-corrected chi connectivity index (χ4v) is 1.93. The molecule has 1 aliphatic heterocycles. The lowest BCUT2D eigenvalue weighted by Gasteiger charge is -2.29. The number of hydrogen-bond donors (Lipinski definition) is 1. The van der Waals surface area contributed by atoms with Crippen LogP contribution >= 0.6 is 15.9 Å². The molecule has 1 saturated heterocycles. The van der Waals surface area contributed by atoms with E-state index in [1.54, 1.807) is 0 Å². The molecule has 0 bridgehead atoms. The van der Waals surface area contributed by atoms with Crippen LogP contribution in [0.4, 0.5) is 4.39 Å². The number of hydrogen-bond acceptors (Lipinski definition) is 5. The van der Waals surface area contributed by atoms with E-state index in [9.17, 15) is 19.1 Å². The Morgan fingerprint density at radius 3 is 2.35 bits per heavy atom. The fourth-order valence-electron chi connectivity index (χ4n) is 1.60. The molecule has 0 aliphatic carbocycles. The third-order valence-corrected chi connectivity index (χ3v) is 3.09. The lowest BCUT2D eigenvalue weighted by atomic mass is 10.1. The maximum Gasteiger partial charge on any atom is 0.348 e. The standard InChI is InChI=1S/C13H10BrFO5/c1-13(2)19-11(17)7(12(18)20-13)3-6-4-9(15)8(14)5-10(6)16/h3-5,16H,1-2H3. The highest BCUT2D eigenvalue weighted by Crippen LogP contribution is 2.30. The number of aromatic hydroxyl groups is 1. The van der Waals surface area contributed by atoms with Gasteiger partial charge >= 0.3 is 11.9 Å². The van der Waals surface area contributed by atoms with Gasteiger partial charge in [-0.15, -0.1) is 0 Å². The summed E-state index contributed by atoms with van der Waals surface area (Å²) < 4.78 is 23.2. The Bertz CT molecular complexity index is 614. The molecule has 7 heteroatoms. The number of esters is 2. The Morgan fingerprint density at radius 1 is 1.25 bits per heavy atom. The predicted molar refractivity (Wildman–Crippen MR) is 70.0 cm³/mol. The van der Waals surface area contributed by atoms with Crippen molar-refractivity contribution in [2.24, 2.45) is 0 Å². The monoisotopic (exact) mass is 344 g/mol. The molecular weight excluding hydrogens is 335 g/mol. The number of cyclic esters (lactones) is 2. The van der Waals surface area contributed by atoms with E-state index in [1.165, 1.54) is 13.8 Å². The average molecular weight is 345 g/mol. The second-order valence-corrected chi connectivity index (χ2v) is 5.42. The van der Waals surface area contributed by atoms with Crippen LogP contribution in [0.25, 0.3) is 6.08 Å². The van der Waals surface area contributed by atoms with Crippen LogP contribution in [0, 0.1) is 5.82 Å². The first kappa shape index (κ1) is 14.5. The van der Waals surface area contributed by atoms with Gasteiger partial charge in [-0.25, -0.2) is 14.0 Å². The van der Waals surface area contributed by atoms with Crippen molar-refractivity contribution in [3.63, 3.8) is 0 Å². The summed E-state index contributed by atoms with van der Waals surface area (Å²) in [4.78, 5) is 23.4. The summed E-state index contributed by atoms with van der Waals surface area (Å²) in [7, 11) is 0. The quantitative estimate of drug-likeness (QED) is 0.481. The Morgan fingerprint density at radius 2 is 1.80 bits per heavy atom. The first-order chi connectivity index (χ1) is 9.19. The topological polar surface area (TPSA) is 72.8 Å². The van der Waals surface area contributed by atoms with Crippen LogP contribution in [0.1, 0.15) is 19.4 Å². The van der Waals surface area contributed by atoms with Crippen molar-refractivity contribution in [3.05, 3.63) is 33.6 Å². The van der Waals surface area contributed by atoms with Crippen molar-refractivity contribution in [2.75, 3.05) is 0 Å². The van der Waals surface area contributed by atoms with Crippen LogP contribution in [0.15, 0.2) is 22.2 Å². The Labute approximate surface area is 122 Å². The summed E-state index contributed by atoms with van der Waals surface area (Å²) in [5, 5.41) is 9.68. The second-order valence-electron chi connectivity index (χ2n) is 4.56. The van der Waals surface area contributed by atoms with Gasteiger partial charge in [0.2, 0.25) is 0 Å². The van der Waals surface area contributed by atoms with E-state index in [4.69, 9.17) is 9.47 Å². The molecule has 0 amide bonds. The summed E-state index contributed by atoms with van der Waals surface area (Å²) >= 11 is 2.91. The van der Waals surface area contributed by atoms with Crippen molar-refractivity contribution >= 4 is 33.9 Å². The third kappa shape index (κ3) is 2.82. The molecule has 0 saturated carbocycles. The zero-order valence-electron chi connectivity index (χ0n) is 10.6. The van der Waals surface area contributed by atoms with Gasteiger partial charge in [0.05, 0.1) is 4.47 Å². The Hall–Kier alpha value is -1.89. The van der Waals surface area contributed by atoms with E-state index in [1.807, 2.05) is 0 Å².